The van der Waals surface area contributed by atoms with Crippen LogP contribution in [0.3, 0.4) is 0 Å². The number of aryl methyl sites for hydroxylation is 1. The van der Waals surface area contributed by atoms with Crippen LogP contribution in [0.1, 0.15) is 16.7 Å². The van der Waals surface area contributed by atoms with Crippen molar-refractivity contribution in [1.29, 1.82) is 5.26 Å². The van der Waals surface area contributed by atoms with Crippen LogP contribution in [0.2, 0.25) is 0 Å². The largest absolute Gasteiger partial charge is 0.307 e. The average Bonchev–Trinajstić information content (AvgIpc) is 3.05. The van der Waals surface area contributed by atoms with Gasteiger partial charge in [-0.3, -0.25) is 9.20 Å². The number of nitrogens with one attached hydrogen (secondary N) is 2. The molecule has 0 atom stereocenters. The highest BCUT2D eigenvalue weighted by atomic mass is 16.1. The zero-order valence-corrected chi connectivity index (χ0v) is 14.9. The summed E-state index contributed by atoms with van der Waals surface area (Å²) in [5.41, 5.74) is 10.6. The van der Waals surface area contributed by atoms with Crippen molar-refractivity contribution in [2.24, 2.45) is 0 Å². The molecule has 6 nitrogen and oxygen atoms in total. The third-order valence-electron chi connectivity index (χ3n) is 4.59. The number of benzene rings is 2. The van der Waals surface area contributed by atoms with E-state index in [4.69, 9.17) is 0 Å². The molecular weight excluding hydrogens is 338 g/mol. The Labute approximate surface area is 155 Å². The molecule has 0 spiro atoms. The van der Waals surface area contributed by atoms with Gasteiger partial charge in [0.25, 0.3) is 5.56 Å². The molecule has 2 heterocycles. The maximum absolute atomic E-state index is 13.1. The van der Waals surface area contributed by atoms with Crippen molar-refractivity contribution < 1.29 is 0 Å². The van der Waals surface area contributed by atoms with Crippen LogP contribution in [0.4, 0.5) is 5.69 Å². The second-order valence-corrected chi connectivity index (χ2v) is 6.37. The molecule has 0 aliphatic rings. The van der Waals surface area contributed by atoms with Gasteiger partial charge in [-0.15, -0.1) is 0 Å². The summed E-state index contributed by atoms with van der Waals surface area (Å²) in [5.74, 6) is 0. The molecular formula is C21H17N5O. The number of nitriles is 1. The number of pyridine rings is 1. The fourth-order valence-corrected chi connectivity index (χ4v) is 3.11. The monoisotopic (exact) mass is 355 g/mol. The van der Waals surface area contributed by atoms with Crippen LogP contribution >= 0.6 is 0 Å². The van der Waals surface area contributed by atoms with Gasteiger partial charge in [0.05, 0.1) is 27.5 Å². The molecule has 0 bridgehead atoms. The molecule has 2 aromatic carbocycles. The van der Waals surface area contributed by atoms with E-state index in [1.165, 1.54) is 9.96 Å². The van der Waals surface area contributed by atoms with Crippen LogP contribution in [-0.2, 0) is 0 Å². The molecule has 132 valence electrons. The molecule has 0 saturated carbocycles. The van der Waals surface area contributed by atoms with Crippen LogP contribution < -0.4 is 21.6 Å². The number of fused-ring (bicyclic) bond motifs is 3. The number of hydrogen-bond donors (Lipinski definition) is 2. The van der Waals surface area contributed by atoms with Crippen molar-refractivity contribution in [2.75, 3.05) is 5.43 Å². The molecule has 0 aliphatic heterocycles. The summed E-state index contributed by atoms with van der Waals surface area (Å²) in [7, 11) is 0. The molecule has 2 aromatic heterocycles. The van der Waals surface area contributed by atoms with Crippen LogP contribution in [0, 0.1) is 25.2 Å². The molecule has 0 unspecified atom stereocenters. The minimum Gasteiger partial charge on any atom is -0.307 e. The van der Waals surface area contributed by atoms with Gasteiger partial charge in [0.15, 0.2) is 5.65 Å². The van der Waals surface area contributed by atoms with Gasteiger partial charge in [-0.1, -0.05) is 29.8 Å². The lowest BCUT2D eigenvalue weighted by atomic mass is 10.1. The lowest BCUT2D eigenvalue weighted by Gasteiger charge is -2.07. The Hall–Kier alpha value is -3.85. The van der Waals surface area contributed by atoms with Crippen LogP contribution in [0.5, 0.6) is 0 Å². The van der Waals surface area contributed by atoms with Crippen molar-refractivity contribution in [2.45, 2.75) is 13.8 Å². The van der Waals surface area contributed by atoms with Crippen molar-refractivity contribution >= 4 is 28.6 Å². The van der Waals surface area contributed by atoms with Crippen LogP contribution in [0.15, 0.2) is 53.3 Å². The van der Waals surface area contributed by atoms with E-state index < -0.39 is 0 Å². The maximum atomic E-state index is 13.1. The summed E-state index contributed by atoms with van der Waals surface area (Å²) in [6, 6.07) is 17.4. The predicted octanol–water partition coefficient (Wildman–Crippen LogP) is 2.41. The third-order valence-corrected chi connectivity index (χ3v) is 4.59. The molecule has 6 heteroatoms. The number of aromatic nitrogens is 2. The van der Waals surface area contributed by atoms with Gasteiger partial charge in [-0.2, -0.15) is 5.26 Å². The Morgan fingerprint density at radius 3 is 2.59 bits per heavy atom. The van der Waals surface area contributed by atoms with Gasteiger partial charge in [-0.05, 0) is 43.7 Å². The van der Waals surface area contributed by atoms with Gasteiger partial charge in [0.1, 0.15) is 6.07 Å². The first-order chi connectivity index (χ1) is 13.1. The number of imidazole rings is 1. The highest BCUT2D eigenvalue weighted by molar-refractivity contribution is 5.82. The van der Waals surface area contributed by atoms with E-state index in [1.807, 2.05) is 55.5 Å². The Morgan fingerprint density at radius 1 is 1.11 bits per heavy atom. The SMILES string of the molecule is Cc1ccc(NNC=c2c(C)c(C#N)c3nc4ccccc4n3c2=O)cc1. The first kappa shape index (κ1) is 16.6. The van der Waals surface area contributed by atoms with Crippen LogP contribution in [-0.4, -0.2) is 9.38 Å². The van der Waals surface area contributed by atoms with E-state index in [0.29, 0.717) is 33.0 Å². The first-order valence-electron chi connectivity index (χ1n) is 8.52. The number of hydrazine groups is 1. The summed E-state index contributed by atoms with van der Waals surface area (Å²) in [4.78, 5) is 17.6. The second-order valence-electron chi connectivity index (χ2n) is 6.37. The number of nitrogens with zero attached hydrogens (tertiary/aromatic N) is 3. The fraction of sp³-hybridized carbons (Fsp3) is 0.0952. The quantitative estimate of drug-likeness (QED) is 0.552. The number of para-hydroxylation sites is 2. The molecule has 27 heavy (non-hydrogen) atoms. The summed E-state index contributed by atoms with van der Waals surface area (Å²) < 4.78 is 1.50. The molecule has 0 radical (unpaired) electrons. The zero-order valence-electron chi connectivity index (χ0n) is 14.9. The Bertz CT molecular complexity index is 1310. The van der Waals surface area contributed by atoms with Crippen molar-refractivity contribution in [3.8, 4) is 6.07 Å². The minimum atomic E-state index is -0.214. The highest BCUT2D eigenvalue weighted by Crippen LogP contribution is 2.17. The summed E-state index contributed by atoms with van der Waals surface area (Å²) in [6.07, 6.45) is 1.59. The standard InChI is InChI=1S/C21H17N5O/c1-13-7-9-15(10-8-13)25-23-12-17-14(2)16(11-22)20-24-18-5-3-4-6-19(18)26(20)21(17)27/h3-10,12,23,25H,1-2H3. The van der Waals surface area contributed by atoms with Gasteiger partial charge in [0.2, 0.25) is 0 Å². The number of rotatable bonds is 3. The summed E-state index contributed by atoms with van der Waals surface area (Å²) in [6.45, 7) is 3.78. The molecule has 0 aliphatic carbocycles. The van der Waals surface area contributed by atoms with E-state index in [1.54, 1.807) is 13.1 Å². The van der Waals surface area contributed by atoms with E-state index in [9.17, 15) is 10.1 Å². The Balaban J connectivity index is 1.87. The summed E-state index contributed by atoms with van der Waals surface area (Å²) in [5, 5.41) is 10.0. The molecule has 0 saturated heterocycles. The smallest absolute Gasteiger partial charge is 0.265 e. The van der Waals surface area contributed by atoms with E-state index in [2.05, 4.69) is 21.9 Å². The number of hydrogen-bond acceptors (Lipinski definition) is 5. The zero-order chi connectivity index (χ0) is 19.0. The van der Waals surface area contributed by atoms with E-state index >= 15 is 0 Å². The average molecular weight is 355 g/mol. The van der Waals surface area contributed by atoms with Gasteiger partial charge in [-0.25, -0.2) is 4.98 Å². The van der Waals surface area contributed by atoms with Crippen molar-refractivity contribution in [3.05, 3.63) is 80.8 Å². The molecule has 4 rings (SSSR count). The lowest BCUT2D eigenvalue weighted by Crippen LogP contribution is -2.36. The minimum absolute atomic E-state index is 0.214. The lowest BCUT2D eigenvalue weighted by molar-refractivity contribution is 1.06. The van der Waals surface area contributed by atoms with Gasteiger partial charge in [0, 0.05) is 6.20 Å². The first-order valence-corrected chi connectivity index (χ1v) is 8.52. The van der Waals surface area contributed by atoms with Crippen molar-refractivity contribution in [1.82, 2.24) is 14.8 Å². The van der Waals surface area contributed by atoms with Gasteiger partial charge >= 0.3 is 0 Å². The number of anilines is 1. The molecule has 4 aromatic rings. The highest BCUT2D eigenvalue weighted by Gasteiger charge is 2.15. The molecule has 0 fully saturated rings. The normalized spacial score (nSPS) is 11.7. The fourth-order valence-electron chi connectivity index (χ4n) is 3.11. The van der Waals surface area contributed by atoms with Crippen LogP contribution in [0.25, 0.3) is 22.9 Å². The molecule has 0 amide bonds. The molecule has 2 N–H and O–H groups in total. The Kier molecular flexibility index (Phi) is 3.98. The second kappa shape index (κ2) is 6.46. The topological polar surface area (TPSA) is 82.2 Å². The predicted molar refractivity (Wildman–Crippen MR) is 106 cm³/mol. The van der Waals surface area contributed by atoms with Crippen molar-refractivity contribution in [3.63, 3.8) is 0 Å². The third kappa shape index (κ3) is 2.75. The maximum Gasteiger partial charge on any atom is 0.265 e. The van der Waals surface area contributed by atoms with Gasteiger partial charge < -0.3 is 10.9 Å². The Morgan fingerprint density at radius 2 is 1.85 bits per heavy atom. The van der Waals surface area contributed by atoms with E-state index in [0.717, 1.165) is 5.69 Å². The summed E-state index contributed by atoms with van der Waals surface area (Å²) >= 11 is 0. The van der Waals surface area contributed by atoms with E-state index in [-0.39, 0.29) is 5.56 Å².